The number of aromatic nitrogens is 4. The second-order valence-corrected chi connectivity index (χ2v) is 7.00. The van der Waals surface area contributed by atoms with Crippen LogP contribution in [-0.4, -0.2) is 39.0 Å². The van der Waals surface area contributed by atoms with Crippen molar-refractivity contribution in [1.82, 2.24) is 24.1 Å². The Morgan fingerprint density at radius 3 is 2.76 bits per heavy atom. The molecule has 114 valence electrons. The summed E-state index contributed by atoms with van der Waals surface area (Å²) >= 11 is 0. The van der Waals surface area contributed by atoms with Crippen LogP contribution in [0, 0.1) is 6.92 Å². The van der Waals surface area contributed by atoms with E-state index in [2.05, 4.69) is 15.2 Å². The number of piperidine rings is 1. The van der Waals surface area contributed by atoms with Gasteiger partial charge in [0.25, 0.3) is 10.0 Å². The lowest BCUT2D eigenvalue weighted by atomic mass is 10.1. The van der Waals surface area contributed by atoms with Gasteiger partial charge in [-0.1, -0.05) is 6.42 Å². The molecule has 0 saturated carbocycles. The molecule has 2 aromatic heterocycles. The lowest BCUT2D eigenvalue weighted by Gasteiger charge is -2.31. The van der Waals surface area contributed by atoms with E-state index in [4.69, 9.17) is 4.42 Å². The zero-order chi connectivity index (χ0) is 15.0. The van der Waals surface area contributed by atoms with Crippen molar-refractivity contribution in [1.29, 1.82) is 0 Å². The Bertz CT molecular complexity index is 736. The van der Waals surface area contributed by atoms with Crippen molar-refractivity contribution in [2.45, 2.75) is 37.3 Å². The molecule has 0 amide bonds. The van der Waals surface area contributed by atoms with Gasteiger partial charge in [-0.25, -0.2) is 13.4 Å². The van der Waals surface area contributed by atoms with Crippen molar-refractivity contribution in [3.05, 3.63) is 24.3 Å². The predicted molar refractivity (Wildman–Crippen MR) is 72.7 cm³/mol. The highest BCUT2D eigenvalue weighted by Gasteiger charge is 2.38. The highest BCUT2D eigenvalue weighted by molar-refractivity contribution is 7.89. The van der Waals surface area contributed by atoms with Crippen molar-refractivity contribution in [2.24, 2.45) is 7.05 Å². The monoisotopic (exact) mass is 311 g/mol. The molecule has 1 saturated heterocycles. The standard InChI is InChI=1S/C12H17N5O3S/c1-9-14-15-12(20-9)10-5-3-4-6-17(10)21(18,19)11-7-16(2)8-13-11/h7-8,10H,3-6H2,1-2H3. The fourth-order valence-electron chi connectivity index (χ4n) is 2.53. The second kappa shape index (κ2) is 5.23. The molecule has 0 aromatic carbocycles. The molecule has 1 aliphatic rings. The average Bonchev–Trinajstić information content (AvgIpc) is 3.08. The van der Waals surface area contributed by atoms with E-state index >= 15 is 0 Å². The molecule has 1 atom stereocenters. The molecule has 1 fully saturated rings. The SMILES string of the molecule is Cc1nnc(C2CCCCN2S(=O)(=O)c2cn(C)cn2)o1. The Hall–Kier alpha value is -1.74. The minimum absolute atomic E-state index is 0.0492. The summed E-state index contributed by atoms with van der Waals surface area (Å²) in [6.45, 7) is 2.13. The Balaban J connectivity index is 1.97. The van der Waals surface area contributed by atoms with Gasteiger partial charge in [0.1, 0.15) is 6.04 Å². The normalized spacial score (nSPS) is 20.8. The predicted octanol–water partition coefficient (Wildman–Crippen LogP) is 1.03. The molecule has 8 nitrogen and oxygen atoms in total. The Kier molecular flexibility index (Phi) is 3.54. The van der Waals surface area contributed by atoms with Crippen LogP contribution >= 0.6 is 0 Å². The van der Waals surface area contributed by atoms with E-state index in [9.17, 15) is 8.42 Å². The van der Waals surface area contributed by atoms with Gasteiger partial charge in [0, 0.05) is 26.7 Å². The average molecular weight is 311 g/mol. The molecule has 0 spiro atoms. The maximum absolute atomic E-state index is 12.8. The molecule has 1 aliphatic heterocycles. The molecular weight excluding hydrogens is 294 g/mol. The van der Waals surface area contributed by atoms with Crippen LogP contribution in [0.5, 0.6) is 0 Å². The van der Waals surface area contributed by atoms with E-state index in [-0.39, 0.29) is 5.03 Å². The summed E-state index contributed by atoms with van der Waals surface area (Å²) in [6.07, 6.45) is 5.40. The summed E-state index contributed by atoms with van der Waals surface area (Å²) in [6, 6.07) is -0.410. The topological polar surface area (TPSA) is 94.1 Å². The van der Waals surface area contributed by atoms with Gasteiger partial charge in [-0.05, 0) is 12.8 Å². The number of hydrogen-bond donors (Lipinski definition) is 0. The fraction of sp³-hybridized carbons (Fsp3) is 0.583. The number of nitrogens with zero attached hydrogens (tertiary/aromatic N) is 5. The highest BCUT2D eigenvalue weighted by atomic mass is 32.2. The maximum atomic E-state index is 12.8. The van der Waals surface area contributed by atoms with E-state index in [0.29, 0.717) is 24.7 Å². The molecule has 3 rings (SSSR count). The molecule has 0 bridgehead atoms. The number of sulfonamides is 1. The summed E-state index contributed by atoms with van der Waals surface area (Å²) in [7, 11) is -1.92. The third-order valence-corrected chi connectivity index (χ3v) is 5.33. The number of rotatable bonds is 3. The van der Waals surface area contributed by atoms with E-state index in [1.807, 2.05) is 0 Å². The molecule has 0 N–H and O–H groups in total. The summed E-state index contributed by atoms with van der Waals surface area (Å²) < 4.78 is 34.0. The zero-order valence-electron chi connectivity index (χ0n) is 11.9. The van der Waals surface area contributed by atoms with E-state index < -0.39 is 16.1 Å². The first-order chi connectivity index (χ1) is 9.98. The van der Waals surface area contributed by atoms with Crippen LogP contribution in [0.15, 0.2) is 22.0 Å². The lowest BCUT2D eigenvalue weighted by molar-refractivity contribution is 0.217. The van der Waals surface area contributed by atoms with Gasteiger partial charge in [-0.15, -0.1) is 10.2 Å². The smallest absolute Gasteiger partial charge is 0.262 e. The van der Waals surface area contributed by atoms with Gasteiger partial charge in [0.2, 0.25) is 11.8 Å². The Morgan fingerprint density at radius 1 is 1.33 bits per heavy atom. The van der Waals surface area contributed by atoms with Crippen LogP contribution in [0.4, 0.5) is 0 Å². The third kappa shape index (κ3) is 2.58. The van der Waals surface area contributed by atoms with Gasteiger partial charge in [0.05, 0.1) is 6.33 Å². The quantitative estimate of drug-likeness (QED) is 0.840. The van der Waals surface area contributed by atoms with Crippen molar-refractivity contribution >= 4 is 10.0 Å². The van der Waals surface area contributed by atoms with Crippen molar-refractivity contribution in [2.75, 3.05) is 6.54 Å². The van der Waals surface area contributed by atoms with Crippen molar-refractivity contribution in [3.8, 4) is 0 Å². The molecule has 3 heterocycles. The molecule has 9 heteroatoms. The fourth-order valence-corrected chi connectivity index (χ4v) is 4.15. The summed E-state index contributed by atoms with van der Waals surface area (Å²) in [5.41, 5.74) is 0. The van der Waals surface area contributed by atoms with Gasteiger partial charge in [0.15, 0.2) is 5.03 Å². The highest BCUT2D eigenvalue weighted by Crippen LogP contribution is 2.34. The van der Waals surface area contributed by atoms with Crippen LogP contribution in [0.1, 0.15) is 37.1 Å². The number of hydrogen-bond acceptors (Lipinski definition) is 6. The maximum Gasteiger partial charge on any atom is 0.262 e. The molecule has 0 aliphatic carbocycles. The van der Waals surface area contributed by atoms with Crippen LogP contribution in [-0.2, 0) is 17.1 Å². The first kappa shape index (κ1) is 14.2. The molecule has 0 radical (unpaired) electrons. The second-order valence-electron chi connectivity index (χ2n) is 5.16. The van der Waals surface area contributed by atoms with Crippen LogP contribution in [0.25, 0.3) is 0 Å². The first-order valence-electron chi connectivity index (χ1n) is 6.78. The molecule has 2 aromatic rings. The van der Waals surface area contributed by atoms with Crippen molar-refractivity contribution < 1.29 is 12.8 Å². The molecule has 1 unspecified atom stereocenters. The summed E-state index contributed by atoms with van der Waals surface area (Å²) in [5, 5.41) is 7.83. The van der Waals surface area contributed by atoms with Gasteiger partial charge >= 0.3 is 0 Å². The van der Waals surface area contributed by atoms with Crippen LogP contribution < -0.4 is 0 Å². The summed E-state index contributed by atoms with van der Waals surface area (Å²) in [5.74, 6) is 0.789. The van der Waals surface area contributed by atoms with Gasteiger partial charge in [-0.2, -0.15) is 4.31 Å². The first-order valence-corrected chi connectivity index (χ1v) is 8.22. The van der Waals surface area contributed by atoms with E-state index in [0.717, 1.165) is 12.8 Å². The minimum atomic E-state index is -3.66. The zero-order valence-corrected chi connectivity index (χ0v) is 12.7. The minimum Gasteiger partial charge on any atom is -0.424 e. The largest absolute Gasteiger partial charge is 0.424 e. The van der Waals surface area contributed by atoms with Crippen molar-refractivity contribution in [3.63, 3.8) is 0 Å². The lowest BCUT2D eigenvalue weighted by Crippen LogP contribution is -2.38. The van der Waals surface area contributed by atoms with Gasteiger partial charge < -0.3 is 8.98 Å². The number of imidazole rings is 1. The Morgan fingerprint density at radius 2 is 2.14 bits per heavy atom. The van der Waals surface area contributed by atoms with E-state index in [1.54, 1.807) is 18.5 Å². The Labute approximate surface area is 122 Å². The third-order valence-electron chi connectivity index (χ3n) is 3.53. The van der Waals surface area contributed by atoms with Gasteiger partial charge in [-0.3, -0.25) is 0 Å². The summed E-state index contributed by atoms with van der Waals surface area (Å²) in [4.78, 5) is 3.96. The molecule has 21 heavy (non-hydrogen) atoms. The van der Waals surface area contributed by atoms with E-state index in [1.165, 1.54) is 16.8 Å². The number of aryl methyl sites for hydroxylation is 2. The van der Waals surface area contributed by atoms with Crippen LogP contribution in [0.3, 0.4) is 0 Å². The van der Waals surface area contributed by atoms with Crippen LogP contribution in [0.2, 0.25) is 0 Å². The molecular formula is C12H17N5O3S.